The average molecular weight is 277 g/mol. The normalized spacial score (nSPS) is 18.1. The fourth-order valence-corrected chi connectivity index (χ4v) is 2.23. The van der Waals surface area contributed by atoms with Crippen LogP contribution in [0.25, 0.3) is 0 Å². The fraction of sp³-hybridized carbons (Fsp3) is 0.467. The second kappa shape index (κ2) is 5.94. The Bertz CT molecular complexity index is 527. The summed E-state index contributed by atoms with van der Waals surface area (Å²) in [6.45, 7) is 4.73. The van der Waals surface area contributed by atoms with Crippen molar-refractivity contribution in [1.82, 2.24) is 4.90 Å². The van der Waals surface area contributed by atoms with E-state index in [0.717, 1.165) is 5.56 Å². The molecule has 1 aliphatic rings. The molecule has 1 saturated heterocycles. The molecule has 1 atom stereocenters. The number of carbonyl (C=O) groups is 2. The summed E-state index contributed by atoms with van der Waals surface area (Å²) in [5.41, 5.74) is 2.29. The van der Waals surface area contributed by atoms with Gasteiger partial charge in [-0.05, 0) is 43.5 Å². The molecule has 0 aromatic heterocycles. The minimum Gasteiger partial charge on any atom is -0.484 e. The Morgan fingerprint density at radius 3 is 2.70 bits per heavy atom. The van der Waals surface area contributed by atoms with Gasteiger partial charge in [0.05, 0.1) is 5.92 Å². The number of hydrogen-bond donors (Lipinski definition) is 1. The zero-order valence-corrected chi connectivity index (χ0v) is 11.8. The molecular weight excluding hydrogens is 258 g/mol. The Hall–Kier alpha value is -2.04. The molecule has 1 heterocycles. The number of aliphatic carboxylic acids is 1. The van der Waals surface area contributed by atoms with Gasteiger partial charge >= 0.3 is 5.97 Å². The number of carbonyl (C=O) groups excluding carboxylic acids is 1. The minimum absolute atomic E-state index is 0.0468. The highest BCUT2D eigenvalue weighted by molar-refractivity contribution is 5.80. The number of rotatable bonds is 4. The molecule has 5 nitrogen and oxygen atoms in total. The molecule has 2 rings (SSSR count). The quantitative estimate of drug-likeness (QED) is 0.908. The zero-order valence-electron chi connectivity index (χ0n) is 11.8. The summed E-state index contributed by atoms with van der Waals surface area (Å²) in [5.74, 6) is -0.779. The predicted octanol–water partition coefficient (Wildman–Crippen LogP) is 1.62. The number of benzene rings is 1. The third kappa shape index (κ3) is 3.29. The van der Waals surface area contributed by atoms with Crippen LogP contribution in [0.15, 0.2) is 18.2 Å². The lowest BCUT2D eigenvalue weighted by Crippen LogP contribution is -2.33. The van der Waals surface area contributed by atoms with Crippen molar-refractivity contribution in [2.75, 3.05) is 19.7 Å². The van der Waals surface area contributed by atoms with Gasteiger partial charge < -0.3 is 14.7 Å². The van der Waals surface area contributed by atoms with E-state index < -0.39 is 11.9 Å². The number of likely N-dealkylation sites (tertiary alicyclic amines) is 1. The van der Waals surface area contributed by atoms with Gasteiger partial charge in [-0.15, -0.1) is 0 Å². The number of nitrogens with zero attached hydrogens (tertiary/aromatic N) is 1. The number of ether oxygens (including phenoxy) is 1. The highest BCUT2D eigenvalue weighted by Crippen LogP contribution is 2.18. The molecule has 1 unspecified atom stereocenters. The fourth-order valence-electron chi connectivity index (χ4n) is 2.23. The highest BCUT2D eigenvalue weighted by Gasteiger charge is 2.30. The second-order valence-corrected chi connectivity index (χ2v) is 5.20. The number of carboxylic acids is 1. The van der Waals surface area contributed by atoms with Gasteiger partial charge in [-0.25, -0.2) is 0 Å². The van der Waals surface area contributed by atoms with Crippen molar-refractivity contribution in [2.24, 2.45) is 5.92 Å². The van der Waals surface area contributed by atoms with Crippen molar-refractivity contribution in [3.8, 4) is 5.75 Å². The summed E-state index contributed by atoms with van der Waals surface area (Å²) in [6.07, 6.45) is 0.519. The third-order valence-corrected chi connectivity index (χ3v) is 3.73. The molecule has 0 bridgehead atoms. The summed E-state index contributed by atoms with van der Waals surface area (Å²) in [4.78, 5) is 24.4. The van der Waals surface area contributed by atoms with Crippen molar-refractivity contribution in [3.05, 3.63) is 29.3 Å². The van der Waals surface area contributed by atoms with Gasteiger partial charge in [0.25, 0.3) is 5.91 Å². The number of amides is 1. The van der Waals surface area contributed by atoms with Gasteiger partial charge in [-0.3, -0.25) is 9.59 Å². The predicted molar refractivity (Wildman–Crippen MR) is 73.7 cm³/mol. The Kier molecular flexibility index (Phi) is 4.27. The van der Waals surface area contributed by atoms with Crippen molar-refractivity contribution >= 4 is 11.9 Å². The van der Waals surface area contributed by atoms with E-state index in [1.807, 2.05) is 32.0 Å². The lowest BCUT2D eigenvalue weighted by Gasteiger charge is -2.16. The van der Waals surface area contributed by atoms with Gasteiger partial charge in [0.1, 0.15) is 5.75 Å². The van der Waals surface area contributed by atoms with Crippen LogP contribution in [0.5, 0.6) is 5.75 Å². The van der Waals surface area contributed by atoms with Crippen LogP contribution < -0.4 is 4.74 Å². The largest absolute Gasteiger partial charge is 0.484 e. The second-order valence-electron chi connectivity index (χ2n) is 5.20. The van der Waals surface area contributed by atoms with E-state index in [1.165, 1.54) is 5.56 Å². The van der Waals surface area contributed by atoms with E-state index in [9.17, 15) is 9.59 Å². The standard InChI is InChI=1S/C15H19NO4/c1-10-3-4-13(7-11(10)2)20-9-14(17)16-6-5-12(8-16)15(18)19/h3-4,7,12H,5-6,8-9H2,1-2H3,(H,18,19). The van der Waals surface area contributed by atoms with E-state index in [1.54, 1.807) is 4.90 Å². The lowest BCUT2D eigenvalue weighted by molar-refractivity contribution is -0.141. The molecule has 0 radical (unpaired) electrons. The molecule has 0 aliphatic carbocycles. The highest BCUT2D eigenvalue weighted by atomic mass is 16.5. The minimum atomic E-state index is -0.838. The molecule has 20 heavy (non-hydrogen) atoms. The molecular formula is C15H19NO4. The lowest BCUT2D eigenvalue weighted by atomic mass is 10.1. The Morgan fingerprint density at radius 2 is 2.10 bits per heavy atom. The smallest absolute Gasteiger partial charge is 0.308 e. The molecule has 5 heteroatoms. The Morgan fingerprint density at radius 1 is 1.35 bits per heavy atom. The summed E-state index contributed by atoms with van der Waals surface area (Å²) in [5, 5.41) is 8.91. The number of aryl methyl sites for hydroxylation is 2. The number of hydrogen-bond acceptors (Lipinski definition) is 3. The average Bonchev–Trinajstić information content (AvgIpc) is 2.89. The first-order valence-electron chi connectivity index (χ1n) is 6.68. The summed E-state index contributed by atoms with van der Waals surface area (Å²) >= 11 is 0. The molecule has 0 saturated carbocycles. The summed E-state index contributed by atoms with van der Waals surface area (Å²) < 4.78 is 5.47. The molecule has 1 N–H and O–H groups in total. The van der Waals surface area contributed by atoms with Crippen LogP contribution in [0.1, 0.15) is 17.5 Å². The van der Waals surface area contributed by atoms with Crippen molar-refractivity contribution < 1.29 is 19.4 Å². The van der Waals surface area contributed by atoms with Crippen LogP contribution in [0.3, 0.4) is 0 Å². The number of carboxylic acid groups (broad SMARTS) is 1. The van der Waals surface area contributed by atoms with Crippen LogP contribution >= 0.6 is 0 Å². The topological polar surface area (TPSA) is 66.8 Å². The van der Waals surface area contributed by atoms with Gasteiger partial charge in [0, 0.05) is 13.1 Å². The van der Waals surface area contributed by atoms with E-state index in [2.05, 4.69) is 0 Å². The van der Waals surface area contributed by atoms with Crippen LogP contribution in [0.2, 0.25) is 0 Å². The monoisotopic (exact) mass is 277 g/mol. The van der Waals surface area contributed by atoms with Gasteiger partial charge in [-0.2, -0.15) is 0 Å². The van der Waals surface area contributed by atoms with Gasteiger partial charge in [0.15, 0.2) is 6.61 Å². The summed E-state index contributed by atoms with van der Waals surface area (Å²) in [6, 6.07) is 5.68. The first-order chi connectivity index (χ1) is 9.47. The van der Waals surface area contributed by atoms with Crippen LogP contribution in [0.4, 0.5) is 0 Å². The molecule has 1 aliphatic heterocycles. The summed E-state index contributed by atoms with van der Waals surface area (Å²) in [7, 11) is 0. The third-order valence-electron chi connectivity index (χ3n) is 3.73. The molecule has 1 amide bonds. The van der Waals surface area contributed by atoms with Gasteiger partial charge in [-0.1, -0.05) is 6.07 Å². The van der Waals surface area contributed by atoms with Gasteiger partial charge in [0.2, 0.25) is 0 Å². The maximum atomic E-state index is 11.9. The first-order valence-corrected chi connectivity index (χ1v) is 6.68. The molecule has 1 aromatic carbocycles. The molecule has 1 fully saturated rings. The van der Waals surface area contributed by atoms with Crippen molar-refractivity contribution in [3.63, 3.8) is 0 Å². The van der Waals surface area contributed by atoms with Crippen molar-refractivity contribution in [2.45, 2.75) is 20.3 Å². The Labute approximate surface area is 118 Å². The van der Waals surface area contributed by atoms with Crippen LogP contribution in [0, 0.1) is 19.8 Å². The zero-order chi connectivity index (χ0) is 14.7. The van der Waals surface area contributed by atoms with E-state index >= 15 is 0 Å². The van der Waals surface area contributed by atoms with E-state index in [-0.39, 0.29) is 19.1 Å². The molecule has 0 spiro atoms. The van der Waals surface area contributed by atoms with E-state index in [0.29, 0.717) is 18.7 Å². The SMILES string of the molecule is Cc1ccc(OCC(=O)N2CCC(C(=O)O)C2)cc1C. The maximum absolute atomic E-state index is 11.9. The van der Waals surface area contributed by atoms with Crippen LogP contribution in [-0.2, 0) is 9.59 Å². The molecule has 108 valence electrons. The first kappa shape index (κ1) is 14.4. The van der Waals surface area contributed by atoms with E-state index in [4.69, 9.17) is 9.84 Å². The Balaban J connectivity index is 1.86. The van der Waals surface area contributed by atoms with Crippen LogP contribution in [-0.4, -0.2) is 41.6 Å². The molecule has 1 aromatic rings. The van der Waals surface area contributed by atoms with Crippen molar-refractivity contribution in [1.29, 1.82) is 0 Å². The maximum Gasteiger partial charge on any atom is 0.308 e.